The highest BCUT2D eigenvalue weighted by Crippen LogP contribution is 2.16. The van der Waals surface area contributed by atoms with Gasteiger partial charge in [0, 0.05) is 6.04 Å². The smallest absolute Gasteiger partial charge is 0.307 e. The Labute approximate surface area is 106 Å². The van der Waals surface area contributed by atoms with Crippen molar-refractivity contribution in [3.8, 4) is 0 Å². The number of carbonyl (C=O) groups excluding carboxylic acids is 1. The fourth-order valence-corrected chi connectivity index (χ4v) is 1.87. The molecule has 2 atom stereocenters. The van der Waals surface area contributed by atoms with Crippen LogP contribution in [0, 0.1) is 5.92 Å². The third-order valence-corrected chi connectivity index (χ3v) is 2.60. The molecule has 17 heavy (non-hydrogen) atoms. The molecule has 0 fully saturated rings. The lowest BCUT2D eigenvalue weighted by molar-refractivity contribution is -0.155. The predicted molar refractivity (Wildman–Crippen MR) is 71.7 cm³/mol. The monoisotopic (exact) mass is 243 g/mol. The minimum absolute atomic E-state index is 0.0725. The fourth-order valence-electron chi connectivity index (χ4n) is 1.87. The first kappa shape index (κ1) is 16.4. The summed E-state index contributed by atoms with van der Waals surface area (Å²) in [4.78, 5) is 11.6. The van der Waals surface area contributed by atoms with E-state index in [-0.39, 0.29) is 12.0 Å². The highest BCUT2D eigenvalue weighted by atomic mass is 16.6. The van der Waals surface area contributed by atoms with Gasteiger partial charge in [0.25, 0.3) is 0 Å². The molecule has 0 aromatic carbocycles. The van der Waals surface area contributed by atoms with Crippen LogP contribution in [-0.4, -0.2) is 17.6 Å². The maximum atomic E-state index is 11.6. The molecule has 0 amide bonds. The molecule has 0 aromatic rings. The molecule has 0 aliphatic heterocycles. The lowest BCUT2D eigenvalue weighted by atomic mass is 9.95. The molecule has 0 rings (SSSR count). The minimum Gasteiger partial charge on any atom is -0.460 e. The van der Waals surface area contributed by atoms with Crippen molar-refractivity contribution < 1.29 is 9.53 Å². The summed E-state index contributed by atoms with van der Waals surface area (Å²) in [5, 5.41) is 0. The maximum absolute atomic E-state index is 11.6. The maximum Gasteiger partial charge on any atom is 0.307 e. The largest absolute Gasteiger partial charge is 0.460 e. The summed E-state index contributed by atoms with van der Waals surface area (Å²) in [5.41, 5.74) is 5.55. The third kappa shape index (κ3) is 10.3. The molecule has 0 spiro atoms. The number of unbranched alkanes of at least 4 members (excludes halogenated alkanes) is 1. The van der Waals surface area contributed by atoms with Crippen LogP contribution >= 0.6 is 0 Å². The number of carbonyl (C=O) groups is 1. The van der Waals surface area contributed by atoms with Crippen molar-refractivity contribution in [1.82, 2.24) is 0 Å². The number of hydrogen-bond acceptors (Lipinski definition) is 3. The van der Waals surface area contributed by atoms with Crippen LogP contribution < -0.4 is 5.73 Å². The summed E-state index contributed by atoms with van der Waals surface area (Å²) < 4.78 is 5.25. The van der Waals surface area contributed by atoms with Gasteiger partial charge in [-0.25, -0.2) is 0 Å². The highest BCUT2D eigenvalue weighted by molar-refractivity contribution is 5.70. The summed E-state index contributed by atoms with van der Waals surface area (Å²) in [6.07, 6.45) is 4.87. The van der Waals surface area contributed by atoms with Gasteiger partial charge in [-0.15, -0.1) is 0 Å². The van der Waals surface area contributed by atoms with Crippen LogP contribution in [0.5, 0.6) is 0 Å². The van der Waals surface area contributed by atoms with Crippen molar-refractivity contribution >= 4 is 5.97 Å². The van der Waals surface area contributed by atoms with E-state index in [0.29, 0.717) is 12.3 Å². The molecular weight excluding hydrogens is 214 g/mol. The van der Waals surface area contributed by atoms with Gasteiger partial charge in [-0.3, -0.25) is 4.79 Å². The second kappa shape index (κ2) is 7.70. The SMILES string of the molecule is CCCC[C@@H](C)C[C@H](N)CC(=O)OC(C)(C)C. The Morgan fingerprint density at radius 1 is 1.35 bits per heavy atom. The lowest BCUT2D eigenvalue weighted by Crippen LogP contribution is -2.31. The van der Waals surface area contributed by atoms with Crippen molar-refractivity contribution in [2.24, 2.45) is 11.7 Å². The normalized spacial score (nSPS) is 15.4. The quantitative estimate of drug-likeness (QED) is 0.698. The molecule has 3 nitrogen and oxygen atoms in total. The van der Waals surface area contributed by atoms with E-state index in [1.807, 2.05) is 20.8 Å². The van der Waals surface area contributed by atoms with E-state index in [9.17, 15) is 4.79 Å². The van der Waals surface area contributed by atoms with E-state index >= 15 is 0 Å². The second-order valence-electron chi connectivity index (χ2n) is 6.03. The Morgan fingerprint density at radius 3 is 2.41 bits per heavy atom. The molecule has 0 aliphatic rings. The van der Waals surface area contributed by atoms with Crippen LogP contribution in [0.3, 0.4) is 0 Å². The molecule has 2 N–H and O–H groups in total. The molecular formula is C14H29NO2. The Hall–Kier alpha value is -0.570. The third-order valence-electron chi connectivity index (χ3n) is 2.60. The number of rotatable bonds is 7. The van der Waals surface area contributed by atoms with Crippen molar-refractivity contribution in [3.63, 3.8) is 0 Å². The van der Waals surface area contributed by atoms with Crippen LogP contribution in [-0.2, 0) is 9.53 Å². The van der Waals surface area contributed by atoms with Crippen LogP contribution in [0.25, 0.3) is 0 Å². The van der Waals surface area contributed by atoms with E-state index in [4.69, 9.17) is 10.5 Å². The standard InChI is InChI=1S/C14H29NO2/c1-6-7-8-11(2)9-12(15)10-13(16)17-14(3,4)5/h11-12H,6-10,15H2,1-5H3/t11-,12+/m1/s1. The zero-order chi connectivity index (χ0) is 13.5. The zero-order valence-corrected chi connectivity index (χ0v) is 12.1. The molecule has 102 valence electrons. The first-order valence-electron chi connectivity index (χ1n) is 6.72. The van der Waals surface area contributed by atoms with Crippen molar-refractivity contribution in [2.75, 3.05) is 0 Å². The Balaban J connectivity index is 3.85. The summed E-state index contributed by atoms with van der Waals surface area (Å²) in [7, 11) is 0. The van der Waals surface area contributed by atoms with Crippen LogP contribution in [0.1, 0.15) is 66.7 Å². The van der Waals surface area contributed by atoms with Gasteiger partial charge in [0.05, 0.1) is 6.42 Å². The van der Waals surface area contributed by atoms with Crippen molar-refractivity contribution in [3.05, 3.63) is 0 Å². The van der Waals surface area contributed by atoms with Crippen LogP contribution in [0.2, 0.25) is 0 Å². The average Bonchev–Trinajstić information content (AvgIpc) is 2.10. The summed E-state index contributed by atoms with van der Waals surface area (Å²) in [6.45, 7) is 10.0. The highest BCUT2D eigenvalue weighted by Gasteiger charge is 2.19. The van der Waals surface area contributed by atoms with Crippen molar-refractivity contribution in [1.29, 1.82) is 0 Å². The number of nitrogens with two attached hydrogens (primary N) is 1. The van der Waals surface area contributed by atoms with E-state index in [1.54, 1.807) is 0 Å². The van der Waals surface area contributed by atoms with Gasteiger partial charge < -0.3 is 10.5 Å². The lowest BCUT2D eigenvalue weighted by Gasteiger charge is -2.22. The van der Waals surface area contributed by atoms with Gasteiger partial charge in [-0.05, 0) is 33.1 Å². The number of hydrogen-bond donors (Lipinski definition) is 1. The van der Waals surface area contributed by atoms with Crippen LogP contribution in [0.15, 0.2) is 0 Å². The van der Waals surface area contributed by atoms with Crippen molar-refractivity contribution in [2.45, 2.75) is 78.4 Å². The number of esters is 1. The first-order chi connectivity index (χ1) is 7.74. The van der Waals surface area contributed by atoms with E-state index < -0.39 is 5.60 Å². The van der Waals surface area contributed by atoms with Gasteiger partial charge in [0.1, 0.15) is 5.60 Å². The Morgan fingerprint density at radius 2 is 1.94 bits per heavy atom. The molecule has 0 heterocycles. The predicted octanol–water partition coefficient (Wildman–Crippen LogP) is 3.26. The van der Waals surface area contributed by atoms with Gasteiger partial charge in [-0.1, -0.05) is 33.1 Å². The Bertz CT molecular complexity index is 221. The first-order valence-corrected chi connectivity index (χ1v) is 6.72. The minimum atomic E-state index is -0.412. The average molecular weight is 243 g/mol. The summed E-state index contributed by atoms with van der Waals surface area (Å²) in [6, 6.07) is -0.0725. The molecule has 0 saturated carbocycles. The molecule has 0 radical (unpaired) electrons. The fraction of sp³-hybridized carbons (Fsp3) is 0.929. The topological polar surface area (TPSA) is 52.3 Å². The summed E-state index contributed by atoms with van der Waals surface area (Å²) >= 11 is 0. The Kier molecular flexibility index (Phi) is 7.44. The van der Waals surface area contributed by atoms with Gasteiger partial charge in [-0.2, -0.15) is 0 Å². The molecule has 0 aromatic heterocycles. The van der Waals surface area contributed by atoms with Crippen LogP contribution in [0.4, 0.5) is 0 Å². The molecule has 0 aliphatic carbocycles. The second-order valence-corrected chi connectivity index (χ2v) is 6.03. The van der Waals surface area contributed by atoms with E-state index in [0.717, 1.165) is 6.42 Å². The molecule has 0 bridgehead atoms. The zero-order valence-electron chi connectivity index (χ0n) is 12.1. The molecule has 3 heteroatoms. The molecule has 0 unspecified atom stereocenters. The van der Waals surface area contributed by atoms with E-state index in [1.165, 1.54) is 19.3 Å². The summed E-state index contributed by atoms with van der Waals surface area (Å²) in [5.74, 6) is 0.403. The van der Waals surface area contributed by atoms with E-state index in [2.05, 4.69) is 13.8 Å². The van der Waals surface area contributed by atoms with Gasteiger partial charge in [0.2, 0.25) is 0 Å². The van der Waals surface area contributed by atoms with Gasteiger partial charge in [0.15, 0.2) is 0 Å². The molecule has 0 saturated heterocycles. The number of ether oxygens (including phenoxy) is 1. The van der Waals surface area contributed by atoms with Gasteiger partial charge >= 0.3 is 5.97 Å².